The molecule has 2 aliphatic rings. The summed E-state index contributed by atoms with van der Waals surface area (Å²) < 4.78 is 0. The third-order valence-electron chi connectivity index (χ3n) is 5.94. The monoisotopic (exact) mass is 294 g/mol. The maximum Gasteiger partial charge on any atom is 0.0249 e. The Labute approximate surface area is 133 Å². The molecule has 0 aromatic carbocycles. The molecule has 0 bridgehead atoms. The summed E-state index contributed by atoms with van der Waals surface area (Å²) in [7, 11) is 0. The van der Waals surface area contributed by atoms with Gasteiger partial charge in [-0.15, -0.1) is 0 Å². The average Bonchev–Trinajstić information content (AvgIpc) is 2.47. The zero-order valence-electron chi connectivity index (χ0n) is 15.1. The molecule has 21 heavy (non-hydrogen) atoms. The van der Waals surface area contributed by atoms with Gasteiger partial charge in [-0.25, -0.2) is 0 Å². The summed E-state index contributed by atoms with van der Waals surface area (Å²) in [6.07, 6.45) is 8.61. The standard InChI is InChI=1S/C19H38N2/c1-6-15(2)13-21-14-18(19(3,4)5)20-12-17(21)16-10-8-7-9-11-16/h15-18,20H,6-14H2,1-5H3. The predicted molar refractivity (Wildman–Crippen MR) is 92.6 cm³/mol. The third kappa shape index (κ3) is 4.69. The van der Waals surface area contributed by atoms with Gasteiger partial charge in [-0.3, -0.25) is 4.90 Å². The quantitative estimate of drug-likeness (QED) is 0.831. The summed E-state index contributed by atoms with van der Waals surface area (Å²) in [5, 5.41) is 3.89. The second kappa shape index (κ2) is 7.46. The summed E-state index contributed by atoms with van der Waals surface area (Å²) in [6.45, 7) is 15.7. The van der Waals surface area contributed by atoms with Crippen molar-refractivity contribution in [3.05, 3.63) is 0 Å². The number of nitrogens with zero attached hydrogens (tertiary/aromatic N) is 1. The molecule has 1 aliphatic heterocycles. The number of hydrogen-bond donors (Lipinski definition) is 1. The molecule has 0 aromatic heterocycles. The molecular weight excluding hydrogens is 256 g/mol. The minimum atomic E-state index is 0.366. The highest BCUT2D eigenvalue weighted by atomic mass is 15.2. The molecule has 1 heterocycles. The van der Waals surface area contributed by atoms with E-state index in [1.54, 1.807) is 0 Å². The fourth-order valence-corrected chi connectivity index (χ4v) is 4.13. The fourth-order valence-electron chi connectivity index (χ4n) is 4.13. The van der Waals surface area contributed by atoms with Crippen LogP contribution >= 0.6 is 0 Å². The molecular formula is C19H38N2. The SMILES string of the molecule is CCC(C)CN1CC(C(C)(C)C)NCC1C1CCCCC1. The molecule has 2 nitrogen and oxygen atoms in total. The number of nitrogens with one attached hydrogen (secondary N) is 1. The zero-order chi connectivity index (χ0) is 15.5. The molecule has 2 heteroatoms. The molecule has 2 fully saturated rings. The second-order valence-electron chi connectivity index (χ2n) is 8.76. The predicted octanol–water partition coefficient (Wildman–Crippen LogP) is 4.30. The second-order valence-corrected chi connectivity index (χ2v) is 8.76. The maximum atomic E-state index is 3.89. The van der Waals surface area contributed by atoms with Gasteiger partial charge in [0.2, 0.25) is 0 Å². The van der Waals surface area contributed by atoms with Gasteiger partial charge in [-0.1, -0.05) is 60.3 Å². The van der Waals surface area contributed by atoms with Gasteiger partial charge in [-0.05, 0) is 30.1 Å². The van der Waals surface area contributed by atoms with Crippen LogP contribution in [0.5, 0.6) is 0 Å². The van der Waals surface area contributed by atoms with E-state index < -0.39 is 0 Å². The van der Waals surface area contributed by atoms with Crippen molar-refractivity contribution in [2.24, 2.45) is 17.3 Å². The van der Waals surface area contributed by atoms with Crippen molar-refractivity contribution in [1.29, 1.82) is 0 Å². The summed E-state index contributed by atoms with van der Waals surface area (Å²) in [5.41, 5.74) is 0.366. The van der Waals surface area contributed by atoms with Crippen LogP contribution < -0.4 is 5.32 Å². The molecule has 3 unspecified atom stereocenters. The Morgan fingerprint density at radius 3 is 2.38 bits per heavy atom. The Balaban J connectivity index is 2.04. The van der Waals surface area contributed by atoms with E-state index in [0.29, 0.717) is 11.5 Å². The average molecular weight is 295 g/mol. The van der Waals surface area contributed by atoms with E-state index in [0.717, 1.165) is 17.9 Å². The molecule has 0 spiro atoms. The molecule has 0 amide bonds. The summed E-state index contributed by atoms with van der Waals surface area (Å²) in [6, 6.07) is 1.43. The van der Waals surface area contributed by atoms with Crippen LogP contribution in [-0.4, -0.2) is 36.6 Å². The summed E-state index contributed by atoms with van der Waals surface area (Å²) >= 11 is 0. The molecule has 124 valence electrons. The van der Waals surface area contributed by atoms with E-state index in [4.69, 9.17) is 0 Å². The molecule has 1 aliphatic carbocycles. The molecule has 0 radical (unpaired) electrons. The topological polar surface area (TPSA) is 15.3 Å². The van der Waals surface area contributed by atoms with Gasteiger partial charge in [0.25, 0.3) is 0 Å². The van der Waals surface area contributed by atoms with Crippen LogP contribution in [0.1, 0.15) is 73.1 Å². The summed E-state index contributed by atoms with van der Waals surface area (Å²) in [4.78, 5) is 2.86. The Morgan fingerprint density at radius 2 is 1.81 bits per heavy atom. The van der Waals surface area contributed by atoms with Crippen molar-refractivity contribution in [3.63, 3.8) is 0 Å². The normalized spacial score (nSPS) is 31.3. The molecule has 2 rings (SSSR count). The molecule has 1 saturated heterocycles. The van der Waals surface area contributed by atoms with Crippen molar-refractivity contribution in [1.82, 2.24) is 10.2 Å². The van der Waals surface area contributed by atoms with Crippen LogP contribution in [0.3, 0.4) is 0 Å². The molecule has 1 N–H and O–H groups in total. The lowest BCUT2D eigenvalue weighted by Gasteiger charge is -2.49. The van der Waals surface area contributed by atoms with Crippen molar-refractivity contribution in [3.8, 4) is 0 Å². The van der Waals surface area contributed by atoms with E-state index in [9.17, 15) is 0 Å². The van der Waals surface area contributed by atoms with Gasteiger partial charge in [0.15, 0.2) is 0 Å². The lowest BCUT2D eigenvalue weighted by atomic mass is 9.79. The lowest BCUT2D eigenvalue weighted by Crippen LogP contribution is -2.62. The van der Waals surface area contributed by atoms with Crippen LogP contribution in [0.15, 0.2) is 0 Å². The van der Waals surface area contributed by atoms with E-state index in [2.05, 4.69) is 44.8 Å². The zero-order valence-corrected chi connectivity index (χ0v) is 15.1. The first-order valence-corrected chi connectivity index (χ1v) is 9.39. The van der Waals surface area contributed by atoms with Crippen molar-refractivity contribution < 1.29 is 0 Å². The largest absolute Gasteiger partial charge is 0.311 e. The first-order valence-electron chi connectivity index (χ1n) is 9.39. The van der Waals surface area contributed by atoms with Gasteiger partial charge in [0.05, 0.1) is 0 Å². The van der Waals surface area contributed by atoms with Crippen molar-refractivity contribution >= 4 is 0 Å². The van der Waals surface area contributed by atoms with Gasteiger partial charge < -0.3 is 5.32 Å². The van der Waals surface area contributed by atoms with E-state index >= 15 is 0 Å². The van der Waals surface area contributed by atoms with Gasteiger partial charge in [0, 0.05) is 31.7 Å². The minimum Gasteiger partial charge on any atom is -0.311 e. The Morgan fingerprint density at radius 1 is 1.14 bits per heavy atom. The van der Waals surface area contributed by atoms with Gasteiger partial charge in [0.1, 0.15) is 0 Å². The molecule has 1 saturated carbocycles. The smallest absolute Gasteiger partial charge is 0.0249 e. The van der Waals surface area contributed by atoms with Gasteiger partial charge in [-0.2, -0.15) is 0 Å². The lowest BCUT2D eigenvalue weighted by molar-refractivity contribution is 0.0345. The Bertz CT molecular complexity index is 301. The minimum absolute atomic E-state index is 0.366. The van der Waals surface area contributed by atoms with Crippen molar-refractivity contribution in [2.45, 2.75) is 85.2 Å². The summed E-state index contributed by atoms with van der Waals surface area (Å²) in [5.74, 6) is 1.77. The van der Waals surface area contributed by atoms with E-state index in [1.165, 1.54) is 58.2 Å². The van der Waals surface area contributed by atoms with Crippen LogP contribution in [0.4, 0.5) is 0 Å². The highest BCUT2D eigenvalue weighted by molar-refractivity contribution is 4.95. The van der Waals surface area contributed by atoms with Crippen LogP contribution in [0.2, 0.25) is 0 Å². The first-order chi connectivity index (χ1) is 9.91. The van der Waals surface area contributed by atoms with Gasteiger partial charge >= 0.3 is 0 Å². The van der Waals surface area contributed by atoms with Crippen LogP contribution in [0, 0.1) is 17.3 Å². The maximum absolute atomic E-state index is 3.89. The molecule has 0 aromatic rings. The Hall–Kier alpha value is -0.0800. The number of rotatable bonds is 4. The number of piperazine rings is 1. The van der Waals surface area contributed by atoms with E-state index in [1.807, 2.05) is 0 Å². The van der Waals surface area contributed by atoms with Crippen LogP contribution in [-0.2, 0) is 0 Å². The van der Waals surface area contributed by atoms with E-state index in [-0.39, 0.29) is 0 Å². The fraction of sp³-hybridized carbons (Fsp3) is 1.00. The Kier molecular flexibility index (Phi) is 6.14. The highest BCUT2D eigenvalue weighted by Gasteiger charge is 2.37. The third-order valence-corrected chi connectivity index (χ3v) is 5.94. The molecule has 3 atom stereocenters. The highest BCUT2D eigenvalue weighted by Crippen LogP contribution is 2.33. The van der Waals surface area contributed by atoms with Crippen molar-refractivity contribution in [2.75, 3.05) is 19.6 Å². The van der Waals surface area contributed by atoms with Crippen LogP contribution in [0.25, 0.3) is 0 Å². The number of hydrogen-bond acceptors (Lipinski definition) is 2. The first kappa shape index (κ1) is 17.3.